The summed E-state index contributed by atoms with van der Waals surface area (Å²) in [4.78, 5) is 17.6. The second kappa shape index (κ2) is 9.17. The number of rotatable bonds is 7. The van der Waals surface area contributed by atoms with Crippen LogP contribution in [0.5, 0.6) is 0 Å². The molecule has 13 heteroatoms. The van der Waals surface area contributed by atoms with Gasteiger partial charge in [0.05, 0.1) is 29.1 Å². The highest BCUT2D eigenvalue weighted by Crippen LogP contribution is 2.24. The molecule has 1 amide bonds. The van der Waals surface area contributed by atoms with E-state index in [9.17, 15) is 13.2 Å². The van der Waals surface area contributed by atoms with Crippen LogP contribution in [0.2, 0.25) is 0 Å². The molecule has 1 aliphatic rings. The molecular weight excluding hydrogens is 472 g/mol. The molecule has 0 atom stereocenters. The highest BCUT2D eigenvalue weighted by Gasteiger charge is 2.27. The van der Waals surface area contributed by atoms with E-state index in [0.29, 0.717) is 61.1 Å². The number of hydrogen-bond donors (Lipinski definition) is 1. The molecule has 0 spiro atoms. The van der Waals surface area contributed by atoms with E-state index in [-0.39, 0.29) is 11.4 Å². The Labute approximate surface area is 201 Å². The first-order valence-corrected chi connectivity index (χ1v) is 12.6. The first kappa shape index (κ1) is 23.1. The summed E-state index contributed by atoms with van der Waals surface area (Å²) in [6.45, 7) is 4.32. The third-order valence-electron chi connectivity index (χ3n) is 5.89. The zero-order valence-electron chi connectivity index (χ0n) is 19.0. The molecule has 2 aromatic heterocycles. The van der Waals surface area contributed by atoms with E-state index >= 15 is 0 Å². The minimum atomic E-state index is -3.62. The third-order valence-corrected chi connectivity index (χ3v) is 7.78. The van der Waals surface area contributed by atoms with Crippen LogP contribution < -0.4 is 5.73 Å². The number of tetrazole rings is 1. The fourth-order valence-electron chi connectivity index (χ4n) is 4.07. The monoisotopic (exact) mass is 496 g/mol. The quantitative estimate of drug-likeness (QED) is 0.396. The fraction of sp³-hybridized carbons (Fsp3) is 0.318. The standard InChI is InChI=1S/C22H24N8O4S/c1-2-29-19-8-7-17(35(32,33)28-9-11-34-12-10-28)13-18(19)24-20(29)14-30-26-22(25-27-30)16-5-3-15(4-6-16)21(23)31/h3-8,13H,2,9-12,14H2,1H3,(H2,23,31). The topological polar surface area (TPSA) is 151 Å². The van der Waals surface area contributed by atoms with Gasteiger partial charge < -0.3 is 15.0 Å². The Morgan fingerprint density at radius 3 is 2.54 bits per heavy atom. The van der Waals surface area contributed by atoms with Gasteiger partial charge in [-0.25, -0.2) is 13.4 Å². The smallest absolute Gasteiger partial charge is 0.248 e. The average molecular weight is 497 g/mol. The van der Waals surface area contributed by atoms with Crippen LogP contribution in [0.25, 0.3) is 22.4 Å². The summed E-state index contributed by atoms with van der Waals surface area (Å²) in [5.41, 5.74) is 7.79. The van der Waals surface area contributed by atoms with E-state index in [0.717, 1.165) is 5.52 Å². The first-order valence-electron chi connectivity index (χ1n) is 11.1. The van der Waals surface area contributed by atoms with Gasteiger partial charge in [-0.05, 0) is 42.5 Å². The van der Waals surface area contributed by atoms with Gasteiger partial charge in [0.2, 0.25) is 21.8 Å². The van der Waals surface area contributed by atoms with Crippen molar-refractivity contribution in [3.63, 3.8) is 0 Å². The molecule has 0 bridgehead atoms. The number of primary amides is 1. The molecule has 182 valence electrons. The zero-order valence-corrected chi connectivity index (χ0v) is 19.8. The van der Waals surface area contributed by atoms with Crippen LogP contribution in [0.4, 0.5) is 0 Å². The number of hydrogen-bond acceptors (Lipinski definition) is 8. The van der Waals surface area contributed by atoms with Gasteiger partial charge in [-0.2, -0.15) is 9.10 Å². The maximum Gasteiger partial charge on any atom is 0.248 e. The Kier molecular flexibility index (Phi) is 6.05. The number of sulfonamides is 1. The van der Waals surface area contributed by atoms with Crippen molar-refractivity contribution in [1.82, 2.24) is 34.1 Å². The van der Waals surface area contributed by atoms with Crippen LogP contribution in [0.1, 0.15) is 23.1 Å². The lowest BCUT2D eigenvalue weighted by Crippen LogP contribution is -2.40. The SMILES string of the molecule is CCn1c(Cn2nnc(-c3ccc(C(N)=O)cc3)n2)nc2cc(S(=O)(=O)N3CCOCC3)ccc21. The maximum atomic E-state index is 13.1. The second-order valence-corrected chi connectivity index (χ2v) is 9.96. The number of morpholine rings is 1. The number of amides is 1. The largest absolute Gasteiger partial charge is 0.379 e. The van der Waals surface area contributed by atoms with Crippen LogP contribution in [0.3, 0.4) is 0 Å². The van der Waals surface area contributed by atoms with Crippen LogP contribution in [-0.4, -0.2) is 74.7 Å². The number of benzene rings is 2. The molecule has 5 rings (SSSR count). The van der Waals surface area contributed by atoms with E-state index in [2.05, 4.69) is 20.4 Å². The summed E-state index contributed by atoms with van der Waals surface area (Å²) in [6, 6.07) is 11.6. The lowest BCUT2D eigenvalue weighted by molar-refractivity contribution is 0.0730. The minimum Gasteiger partial charge on any atom is -0.379 e. The second-order valence-electron chi connectivity index (χ2n) is 8.02. The van der Waals surface area contributed by atoms with Crippen molar-refractivity contribution in [2.75, 3.05) is 26.3 Å². The number of carbonyl (C=O) groups excluding carboxylic acids is 1. The summed E-state index contributed by atoms with van der Waals surface area (Å²) < 4.78 is 34.8. The summed E-state index contributed by atoms with van der Waals surface area (Å²) in [6.07, 6.45) is 0. The predicted octanol–water partition coefficient (Wildman–Crippen LogP) is 0.878. The summed E-state index contributed by atoms with van der Waals surface area (Å²) in [7, 11) is -3.62. The Morgan fingerprint density at radius 1 is 1.11 bits per heavy atom. The highest BCUT2D eigenvalue weighted by atomic mass is 32.2. The molecule has 1 fully saturated rings. The molecule has 2 aromatic carbocycles. The molecule has 3 heterocycles. The Hall–Kier alpha value is -3.68. The van der Waals surface area contributed by atoms with E-state index < -0.39 is 15.9 Å². The van der Waals surface area contributed by atoms with Gasteiger partial charge in [0, 0.05) is 30.8 Å². The van der Waals surface area contributed by atoms with Crippen molar-refractivity contribution in [3.8, 4) is 11.4 Å². The van der Waals surface area contributed by atoms with Gasteiger partial charge in [-0.15, -0.1) is 10.2 Å². The van der Waals surface area contributed by atoms with Crippen LogP contribution in [0, 0.1) is 0 Å². The number of fused-ring (bicyclic) bond motifs is 1. The number of aromatic nitrogens is 6. The Morgan fingerprint density at radius 2 is 1.86 bits per heavy atom. The maximum absolute atomic E-state index is 13.1. The molecule has 1 saturated heterocycles. The number of imidazole rings is 1. The molecule has 35 heavy (non-hydrogen) atoms. The third kappa shape index (κ3) is 4.40. The van der Waals surface area contributed by atoms with Crippen molar-refractivity contribution in [2.45, 2.75) is 24.9 Å². The molecule has 2 N–H and O–H groups in total. The minimum absolute atomic E-state index is 0.208. The van der Waals surface area contributed by atoms with E-state index in [4.69, 9.17) is 10.5 Å². The molecule has 4 aromatic rings. The number of ether oxygens (including phenoxy) is 1. The van der Waals surface area contributed by atoms with Crippen LogP contribution >= 0.6 is 0 Å². The zero-order chi connectivity index (χ0) is 24.6. The first-order chi connectivity index (χ1) is 16.9. The van der Waals surface area contributed by atoms with Gasteiger partial charge in [-0.3, -0.25) is 4.79 Å². The van der Waals surface area contributed by atoms with Crippen LogP contribution in [-0.2, 0) is 27.8 Å². The molecule has 0 radical (unpaired) electrons. The Bertz CT molecular complexity index is 1490. The van der Waals surface area contributed by atoms with Crippen molar-refractivity contribution in [1.29, 1.82) is 0 Å². The predicted molar refractivity (Wildman–Crippen MR) is 126 cm³/mol. The van der Waals surface area contributed by atoms with Gasteiger partial charge in [0.25, 0.3) is 0 Å². The number of carbonyl (C=O) groups is 1. The molecular formula is C22H24N8O4S. The van der Waals surface area contributed by atoms with Crippen LogP contribution in [0.15, 0.2) is 47.4 Å². The Balaban J connectivity index is 1.42. The summed E-state index contributed by atoms with van der Waals surface area (Å²) >= 11 is 0. The number of nitrogens with two attached hydrogens (primary N) is 1. The normalized spacial score (nSPS) is 15.0. The molecule has 0 aliphatic carbocycles. The molecule has 1 aliphatic heterocycles. The van der Waals surface area contributed by atoms with Crippen molar-refractivity contribution >= 4 is 27.0 Å². The average Bonchev–Trinajstić information content (AvgIpc) is 3.48. The van der Waals surface area contributed by atoms with E-state index in [1.807, 2.05) is 11.5 Å². The lowest BCUT2D eigenvalue weighted by atomic mass is 10.1. The van der Waals surface area contributed by atoms with Crippen molar-refractivity contribution in [2.24, 2.45) is 5.73 Å². The number of aryl methyl sites for hydroxylation is 1. The molecule has 0 saturated carbocycles. The van der Waals surface area contributed by atoms with E-state index in [1.165, 1.54) is 9.10 Å². The highest BCUT2D eigenvalue weighted by molar-refractivity contribution is 7.89. The summed E-state index contributed by atoms with van der Waals surface area (Å²) in [5.74, 6) is 0.572. The molecule has 12 nitrogen and oxygen atoms in total. The van der Waals surface area contributed by atoms with Gasteiger partial charge in [-0.1, -0.05) is 12.1 Å². The number of nitrogens with zero attached hydrogens (tertiary/aromatic N) is 7. The molecule has 0 unspecified atom stereocenters. The van der Waals surface area contributed by atoms with Crippen molar-refractivity contribution < 1.29 is 17.9 Å². The van der Waals surface area contributed by atoms with Gasteiger partial charge >= 0.3 is 0 Å². The van der Waals surface area contributed by atoms with Crippen molar-refractivity contribution in [3.05, 3.63) is 53.9 Å². The van der Waals surface area contributed by atoms with Gasteiger partial charge in [0.1, 0.15) is 12.4 Å². The summed E-state index contributed by atoms with van der Waals surface area (Å²) in [5, 5.41) is 12.6. The lowest BCUT2D eigenvalue weighted by Gasteiger charge is -2.26. The fourth-order valence-corrected chi connectivity index (χ4v) is 5.49. The van der Waals surface area contributed by atoms with Gasteiger partial charge in [0.15, 0.2) is 0 Å². The van der Waals surface area contributed by atoms with E-state index in [1.54, 1.807) is 42.5 Å².